The van der Waals surface area contributed by atoms with E-state index >= 15 is 0 Å². The average molecular weight is 553 g/mol. The Morgan fingerprint density at radius 2 is 1.03 bits per heavy atom. The molecule has 0 fully saturated rings. The van der Waals surface area contributed by atoms with Crippen molar-refractivity contribution in [2.24, 2.45) is 0 Å². The van der Waals surface area contributed by atoms with E-state index in [9.17, 15) is 0 Å². The van der Waals surface area contributed by atoms with Crippen molar-refractivity contribution in [2.75, 3.05) is 0 Å². The van der Waals surface area contributed by atoms with Crippen molar-refractivity contribution >= 4 is 35.5 Å². The summed E-state index contributed by atoms with van der Waals surface area (Å²) in [5, 5.41) is 1.48. The third-order valence-corrected chi connectivity index (χ3v) is 9.86. The molecule has 0 N–H and O–H groups in total. The average Bonchev–Trinajstić information content (AvgIpc) is 3.27. The van der Waals surface area contributed by atoms with Gasteiger partial charge in [0.1, 0.15) is 0 Å². The van der Waals surface area contributed by atoms with Crippen molar-refractivity contribution in [2.45, 2.75) is 92.4 Å². The zero-order valence-corrected chi connectivity index (χ0v) is 27.5. The van der Waals surface area contributed by atoms with Gasteiger partial charge in [-0.1, -0.05) is 154 Å². The summed E-state index contributed by atoms with van der Waals surface area (Å²) in [5.41, 5.74) is 11.0. The van der Waals surface area contributed by atoms with Gasteiger partial charge in [-0.2, -0.15) is 0 Å². The Balaban J connectivity index is 1.89. The maximum absolute atomic E-state index is 2.49. The van der Waals surface area contributed by atoms with E-state index in [0.717, 1.165) is 0 Å². The minimum absolute atomic E-state index is 0.0603. The number of hydrogen-bond acceptors (Lipinski definition) is 1. The molecular weight excluding hydrogens is 507 g/mol. The van der Waals surface area contributed by atoms with Crippen LogP contribution in [0.1, 0.15) is 101 Å². The van der Waals surface area contributed by atoms with Gasteiger partial charge in [-0.05, 0) is 70.1 Å². The summed E-state index contributed by atoms with van der Waals surface area (Å²) in [6.07, 6.45) is 4.68. The van der Waals surface area contributed by atoms with Gasteiger partial charge in [0.25, 0.3) is 0 Å². The summed E-state index contributed by atoms with van der Waals surface area (Å²) in [5.74, 6) is 0. The molecule has 0 nitrogen and oxygen atoms in total. The highest BCUT2D eigenvalue weighted by molar-refractivity contribution is 8.23. The first-order chi connectivity index (χ1) is 18.0. The van der Waals surface area contributed by atoms with E-state index in [-0.39, 0.29) is 16.2 Å². The molecule has 1 aliphatic heterocycles. The van der Waals surface area contributed by atoms with Gasteiger partial charge in [0.2, 0.25) is 0 Å². The molecular formula is C37H45PS. The highest BCUT2D eigenvalue weighted by Crippen LogP contribution is 2.41. The van der Waals surface area contributed by atoms with E-state index in [1.807, 2.05) is 11.8 Å². The number of allylic oxidation sites excluding steroid dienone is 1. The first kappa shape index (κ1) is 29.6. The molecule has 0 radical (unpaired) electrons. The van der Waals surface area contributed by atoms with Gasteiger partial charge in [-0.3, -0.25) is 0 Å². The Bertz CT molecular complexity index is 1360. The molecule has 0 aromatic heterocycles. The summed E-state index contributed by atoms with van der Waals surface area (Å²) in [4.78, 5) is 1.33. The number of aryl methyl sites for hydroxylation is 2. The van der Waals surface area contributed by atoms with E-state index in [1.54, 1.807) is 0 Å². The van der Waals surface area contributed by atoms with Crippen LogP contribution in [0.15, 0.2) is 77.7 Å². The number of rotatable bonds is 3. The van der Waals surface area contributed by atoms with Crippen LogP contribution in [0.2, 0.25) is 0 Å². The van der Waals surface area contributed by atoms with Crippen molar-refractivity contribution in [1.29, 1.82) is 0 Å². The molecule has 0 atom stereocenters. The SMILES string of the molecule is Cc1ccc(C(=C2C=CC(=Pc3c(C(C)(C)C)cc(C(C)(C)C)cc3C(C)(C)C)S2)c2ccc(C)cc2)cc1. The van der Waals surface area contributed by atoms with Crippen LogP contribution >= 0.6 is 20.0 Å². The summed E-state index contributed by atoms with van der Waals surface area (Å²) >= 11 is 1.93. The minimum Gasteiger partial charge on any atom is -0.0844 e. The first-order valence-corrected chi connectivity index (χ1v) is 15.8. The molecule has 3 aromatic rings. The highest BCUT2D eigenvalue weighted by atomic mass is 32.2. The van der Waals surface area contributed by atoms with Gasteiger partial charge in [0, 0.05) is 20.4 Å². The van der Waals surface area contributed by atoms with E-state index in [1.165, 1.54) is 67.6 Å². The molecule has 0 saturated carbocycles. The van der Waals surface area contributed by atoms with Crippen LogP contribution in [0.3, 0.4) is 0 Å². The predicted molar refractivity (Wildman–Crippen MR) is 179 cm³/mol. The summed E-state index contributed by atoms with van der Waals surface area (Å²) in [7, 11) is 1.29. The van der Waals surface area contributed by atoms with Gasteiger partial charge < -0.3 is 0 Å². The monoisotopic (exact) mass is 552 g/mol. The Morgan fingerprint density at radius 1 is 0.590 bits per heavy atom. The molecule has 2 heteroatoms. The first-order valence-electron chi connectivity index (χ1n) is 14.1. The second kappa shape index (κ2) is 10.9. The molecule has 0 aliphatic carbocycles. The normalized spacial score (nSPS) is 15.4. The van der Waals surface area contributed by atoms with Crippen LogP contribution in [-0.2, 0) is 16.2 Å². The zero-order chi connectivity index (χ0) is 28.8. The van der Waals surface area contributed by atoms with Crippen molar-refractivity contribution in [3.8, 4) is 0 Å². The number of benzene rings is 3. The fourth-order valence-electron chi connectivity index (χ4n) is 4.86. The summed E-state index contributed by atoms with van der Waals surface area (Å²) in [6, 6.07) is 22.9. The molecule has 1 aliphatic rings. The Labute approximate surface area is 243 Å². The van der Waals surface area contributed by atoms with Crippen molar-refractivity contribution in [1.82, 2.24) is 0 Å². The van der Waals surface area contributed by atoms with Crippen molar-refractivity contribution < 1.29 is 0 Å². The van der Waals surface area contributed by atoms with Crippen LogP contribution in [0.5, 0.6) is 0 Å². The van der Waals surface area contributed by atoms with Crippen LogP contribution < -0.4 is 5.30 Å². The lowest BCUT2D eigenvalue weighted by Gasteiger charge is -2.32. The molecule has 0 bridgehead atoms. The van der Waals surface area contributed by atoms with Crippen molar-refractivity contribution in [3.05, 3.63) is 117 Å². The number of thioether (sulfide) groups is 1. The second-order valence-electron chi connectivity index (χ2n) is 14.0. The third-order valence-electron chi connectivity index (χ3n) is 7.33. The lowest BCUT2D eigenvalue weighted by Crippen LogP contribution is -2.30. The van der Waals surface area contributed by atoms with E-state index in [4.69, 9.17) is 0 Å². The Hall–Kier alpha value is -2.34. The topological polar surface area (TPSA) is 0 Å². The van der Waals surface area contributed by atoms with E-state index < -0.39 is 0 Å². The maximum Gasteiger partial charge on any atom is 0.0401 e. The molecule has 0 unspecified atom stereocenters. The molecule has 0 spiro atoms. The summed E-state index contributed by atoms with van der Waals surface area (Å²) in [6.45, 7) is 25.5. The Morgan fingerprint density at radius 3 is 1.41 bits per heavy atom. The highest BCUT2D eigenvalue weighted by Gasteiger charge is 2.29. The largest absolute Gasteiger partial charge is 0.0844 e. The maximum atomic E-state index is 2.49. The summed E-state index contributed by atoms with van der Waals surface area (Å²) < 4.78 is 1.39. The fraction of sp³-hybridized carbons (Fsp3) is 0.378. The molecule has 204 valence electrons. The second-order valence-corrected chi connectivity index (χ2v) is 16.6. The van der Waals surface area contributed by atoms with Crippen LogP contribution in [0.4, 0.5) is 0 Å². The molecule has 39 heavy (non-hydrogen) atoms. The Kier molecular flexibility index (Phi) is 8.29. The van der Waals surface area contributed by atoms with Crippen LogP contribution in [0.25, 0.3) is 5.57 Å². The molecule has 3 aromatic carbocycles. The van der Waals surface area contributed by atoms with Crippen molar-refractivity contribution in [3.63, 3.8) is 0 Å². The lowest BCUT2D eigenvalue weighted by molar-refractivity contribution is 0.554. The van der Waals surface area contributed by atoms with Gasteiger partial charge in [0.15, 0.2) is 0 Å². The van der Waals surface area contributed by atoms with E-state index in [0.29, 0.717) is 0 Å². The van der Waals surface area contributed by atoms with E-state index in [2.05, 4.69) is 149 Å². The fourth-order valence-corrected chi connectivity index (χ4v) is 7.85. The molecule has 4 rings (SSSR count). The minimum atomic E-state index is 0.0603. The lowest BCUT2D eigenvalue weighted by atomic mass is 9.75. The van der Waals surface area contributed by atoms with Gasteiger partial charge in [-0.25, -0.2) is 0 Å². The standard InChI is InChI=1S/C37H45PS/c1-24-12-16-26(17-13-24)33(27-18-14-25(2)15-19-27)31-20-21-32(39-31)38-34-29(36(6,7)8)22-28(35(3,4)5)23-30(34)37(9,10)11/h12-23H,1-11H3. The van der Waals surface area contributed by atoms with Crippen LogP contribution in [0, 0.1) is 13.8 Å². The smallest absolute Gasteiger partial charge is 0.0401 e. The van der Waals surface area contributed by atoms with Crippen LogP contribution in [-0.4, -0.2) is 4.63 Å². The number of hydrogen-bond donors (Lipinski definition) is 0. The van der Waals surface area contributed by atoms with Gasteiger partial charge >= 0.3 is 0 Å². The quantitative estimate of drug-likeness (QED) is 0.291. The van der Waals surface area contributed by atoms with Gasteiger partial charge in [-0.15, -0.1) is 0 Å². The molecule has 0 amide bonds. The predicted octanol–water partition coefficient (Wildman–Crippen LogP) is 10.7. The zero-order valence-electron chi connectivity index (χ0n) is 25.8. The molecule has 0 saturated heterocycles. The van der Waals surface area contributed by atoms with Gasteiger partial charge in [0.05, 0.1) is 0 Å². The third kappa shape index (κ3) is 6.87. The molecule has 1 heterocycles.